The van der Waals surface area contributed by atoms with Crippen LogP contribution >= 0.6 is 0 Å². The largest absolute Gasteiger partial charge is 0.481 e. The van der Waals surface area contributed by atoms with E-state index in [2.05, 4.69) is 22.8 Å². The summed E-state index contributed by atoms with van der Waals surface area (Å²) in [5.41, 5.74) is 3.36. The van der Waals surface area contributed by atoms with Crippen LogP contribution in [0.1, 0.15) is 25.0 Å². The van der Waals surface area contributed by atoms with Crippen LogP contribution in [-0.2, 0) is 22.5 Å². The number of benzene rings is 1. The first-order chi connectivity index (χ1) is 10.7. The fourth-order valence-electron chi connectivity index (χ4n) is 3.03. The van der Waals surface area contributed by atoms with Gasteiger partial charge in [0.15, 0.2) is 0 Å². The molecule has 2 heterocycles. The fourth-order valence-corrected chi connectivity index (χ4v) is 3.03. The molecule has 1 aromatic heterocycles. The summed E-state index contributed by atoms with van der Waals surface area (Å²) in [5, 5.41) is 8.94. The topological polar surface area (TPSA) is 51.5 Å². The molecule has 1 aliphatic rings. The molecule has 1 atom stereocenters. The summed E-state index contributed by atoms with van der Waals surface area (Å²) in [6.07, 6.45) is 3.12. The van der Waals surface area contributed by atoms with Gasteiger partial charge in [-0.15, -0.1) is 0 Å². The third-order valence-corrected chi connectivity index (χ3v) is 4.15. The molecule has 4 heteroatoms. The number of nitrogens with zero attached hydrogens (tertiary/aromatic N) is 1. The highest BCUT2D eigenvalue weighted by Gasteiger charge is 2.19. The molecule has 1 fully saturated rings. The number of aryl methyl sites for hydroxylation is 1. The molecule has 0 saturated carbocycles. The number of carbonyl (C=O) groups is 1. The third kappa shape index (κ3) is 3.39. The molecule has 0 unspecified atom stereocenters. The van der Waals surface area contributed by atoms with Gasteiger partial charge in [-0.25, -0.2) is 0 Å². The Hall–Kier alpha value is -2.07. The van der Waals surface area contributed by atoms with E-state index in [9.17, 15) is 4.79 Å². The molecule has 22 heavy (non-hydrogen) atoms. The average Bonchev–Trinajstić information content (AvgIpc) is 3.16. The zero-order valence-electron chi connectivity index (χ0n) is 12.6. The Labute approximate surface area is 130 Å². The molecule has 2 aromatic rings. The van der Waals surface area contributed by atoms with Crippen molar-refractivity contribution >= 4 is 5.97 Å². The van der Waals surface area contributed by atoms with Gasteiger partial charge in [-0.1, -0.05) is 30.3 Å². The van der Waals surface area contributed by atoms with Crippen LogP contribution in [0.25, 0.3) is 11.3 Å². The smallest absolute Gasteiger partial charge is 0.303 e. The maximum atomic E-state index is 10.9. The molecule has 0 spiro atoms. The van der Waals surface area contributed by atoms with Gasteiger partial charge >= 0.3 is 5.97 Å². The molecule has 0 aliphatic carbocycles. The zero-order valence-corrected chi connectivity index (χ0v) is 12.6. The molecule has 0 bridgehead atoms. The van der Waals surface area contributed by atoms with E-state index >= 15 is 0 Å². The van der Waals surface area contributed by atoms with Crippen molar-refractivity contribution in [2.45, 2.75) is 38.3 Å². The summed E-state index contributed by atoms with van der Waals surface area (Å²) < 4.78 is 7.99. The number of hydrogen-bond donors (Lipinski definition) is 1. The monoisotopic (exact) mass is 299 g/mol. The Morgan fingerprint density at radius 1 is 1.23 bits per heavy atom. The molecule has 1 N–H and O–H groups in total. The summed E-state index contributed by atoms with van der Waals surface area (Å²) in [7, 11) is 0. The first-order valence-corrected chi connectivity index (χ1v) is 7.81. The minimum atomic E-state index is -0.758. The molecule has 1 aromatic carbocycles. The Kier molecular flexibility index (Phi) is 4.59. The standard InChI is InChI=1S/C18H21NO3/c20-18(21)11-9-15-8-10-17(14-5-2-1-3-6-14)19(15)13-16-7-4-12-22-16/h1-3,5-6,8,10,16H,4,7,9,11-13H2,(H,20,21)/t16-/m1/s1. The van der Waals surface area contributed by atoms with Crippen molar-refractivity contribution in [1.82, 2.24) is 4.57 Å². The van der Waals surface area contributed by atoms with E-state index in [4.69, 9.17) is 9.84 Å². The van der Waals surface area contributed by atoms with Crippen LogP contribution in [0, 0.1) is 0 Å². The van der Waals surface area contributed by atoms with Crippen molar-refractivity contribution < 1.29 is 14.6 Å². The predicted octanol–water partition coefficient (Wildman–Crippen LogP) is 3.35. The van der Waals surface area contributed by atoms with Gasteiger partial charge in [0.25, 0.3) is 0 Å². The van der Waals surface area contributed by atoms with Gasteiger partial charge in [-0.2, -0.15) is 0 Å². The van der Waals surface area contributed by atoms with Crippen LogP contribution in [0.5, 0.6) is 0 Å². The number of aromatic nitrogens is 1. The molecule has 1 aliphatic heterocycles. The van der Waals surface area contributed by atoms with Gasteiger partial charge in [0, 0.05) is 24.5 Å². The summed E-state index contributed by atoms with van der Waals surface area (Å²) >= 11 is 0. The lowest BCUT2D eigenvalue weighted by molar-refractivity contribution is -0.136. The summed E-state index contributed by atoms with van der Waals surface area (Å²) in [4.78, 5) is 10.9. The quantitative estimate of drug-likeness (QED) is 0.890. The molecular formula is C18H21NO3. The Morgan fingerprint density at radius 2 is 2.05 bits per heavy atom. The van der Waals surface area contributed by atoms with Gasteiger partial charge in [0.2, 0.25) is 0 Å². The van der Waals surface area contributed by atoms with Crippen LogP contribution in [0.15, 0.2) is 42.5 Å². The van der Waals surface area contributed by atoms with Crippen molar-refractivity contribution in [3.8, 4) is 11.3 Å². The number of ether oxygens (including phenoxy) is 1. The van der Waals surface area contributed by atoms with Gasteiger partial charge in [-0.3, -0.25) is 4.79 Å². The van der Waals surface area contributed by atoms with Crippen molar-refractivity contribution in [2.75, 3.05) is 6.61 Å². The predicted molar refractivity (Wildman–Crippen MR) is 84.8 cm³/mol. The van der Waals surface area contributed by atoms with E-state index in [0.717, 1.165) is 42.9 Å². The van der Waals surface area contributed by atoms with Crippen LogP contribution in [-0.4, -0.2) is 28.4 Å². The van der Waals surface area contributed by atoms with E-state index in [1.54, 1.807) is 0 Å². The maximum absolute atomic E-state index is 10.9. The molecule has 0 radical (unpaired) electrons. The van der Waals surface area contributed by atoms with Crippen LogP contribution in [0.3, 0.4) is 0 Å². The zero-order chi connectivity index (χ0) is 15.4. The number of carboxylic acid groups (broad SMARTS) is 1. The van der Waals surface area contributed by atoms with E-state index in [-0.39, 0.29) is 12.5 Å². The lowest BCUT2D eigenvalue weighted by Gasteiger charge is -2.17. The molecule has 116 valence electrons. The van der Waals surface area contributed by atoms with Gasteiger partial charge < -0.3 is 14.4 Å². The Morgan fingerprint density at radius 3 is 2.73 bits per heavy atom. The van der Waals surface area contributed by atoms with Gasteiger partial charge in [-0.05, 0) is 37.0 Å². The van der Waals surface area contributed by atoms with Crippen molar-refractivity contribution in [1.29, 1.82) is 0 Å². The highest BCUT2D eigenvalue weighted by atomic mass is 16.5. The minimum Gasteiger partial charge on any atom is -0.481 e. The minimum absolute atomic E-state index is 0.157. The number of rotatable bonds is 6. The van der Waals surface area contributed by atoms with Crippen molar-refractivity contribution in [3.05, 3.63) is 48.2 Å². The molecule has 4 nitrogen and oxygen atoms in total. The molecule has 0 amide bonds. The van der Waals surface area contributed by atoms with Gasteiger partial charge in [0.1, 0.15) is 0 Å². The number of hydrogen-bond acceptors (Lipinski definition) is 2. The fraction of sp³-hybridized carbons (Fsp3) is 0.389. The Balaban J connectivity index is 1.89. The van der Waals surface area contributed by atoms with E-state index in [0.29, 0.717) is 6.42 Å². The highest BCUT2D eigenvalue weighted by molar-refractivity contribution is 5.67. The van der Waals surface area contributed by atoms with E-state index in [1.165, 1.54) is 0 Å². The summed E-state index contributed by atoms with van der Waals surface area (Å²) in [6.45, 7) is 1.63. The van der Waals surface area contributed by atoms with Crippen LogP contribution < -0.4 is 0 Å². The highest BCUT2D eigenvalue weighted by Crippen LogP contribution is 2.26. The second kappa shape index (κ2) is 6.79. The lowest BCUT2D eigenvalue weighted by Crippen LogP contribution is -2.18. The number of aliphatic carboxylic acids is 1. The second-order valence-corrected chi connectivity index (χ2v) is 5.72. The average molecular weight is 299 g/mol. The molecule has 1 saturated heterocycles. The summed E-state index contributed by atoms with van der Waals surface area (Å²) in [5.74, 6) is -0.758. The van der Waals surface area contributed by atoms with Crippen molar-refractivity contribution in [3.63, 3.8) is 0 Å². The normalized spacial score (nSPS) is 17.7. The first kappa shape index (κ1) is 14.9. The first-order valence-electron chi connectivity index (χ1n) is 7.81. The molecule has 3 rings (SSSR count). The third-order valence-electron chi connectivity index (χ3n) is 4.15. The lowest BCUT2D eigenvalue weighted by atomic mass is 10.1. The van der Waals surface area contributed by atoms with E-state index < -0.39 is 5.97 Å². The van der Waals surface area contributed by atoms with Crippen LogP contribution in [0.4, 0.5) is 0 Å². The summed E-state index contributed by atoms with van der Waals surface area (Å²) in [6, 6.07) is 14.3. The van der Waals surface area contributed by atoms with E-state index in [1.807, 2.05) is 24.3 Å². The second-order valence-electron chi connectivity index (χ2n) is 5.72. The molecular weight excluding hydrogens is 278 g/mol. The Bertz CT molecular complexity index is 627. The van der Waals surface area contributed by atoms with Crippen LogP contribution in [0.2, 0.25) is 0 Å². The maximum Gasteiger partial charge on any atom is 0.303 e. The van der Waals surface area contributed by atoms with Crippen molar-refractivity contribution in [2.24, 2.45) is 0 Å². The van der Waals surface area contributed by atoms with Gasteiger partial charge in [0.05, 0.1) is 12.5 Å². The number of carboxylic acids is 1. The SMILES string of the molecule is O=C(O)CCc1ccc(-c2ccccc2)n1C[C@H]1CCCO1.